The molecule has 0 aliphatic carbocycles. The highest BCUT2D eigenvalue weighted by molar-refractivity contribution is 5.76. The molecule has 0 radical (unpaired) electrons. The quantitative estimate of drug-likeness (QED) is 0.672. The molecule has 1 unspecified atom stereocenters. The highest BCUT2D eigenvalue weighted by atomic mass is 19.2. The zero-order valence-electron chi connectivity index (χ0n) is 14.9. The predicted octanol–water partition coefficient (Wildman–Crippen LogP) is 4.40. The third kappa shape index (κ3) is 5.72. The lowest BCUT2D eigenvalue weighted by molar-refractivity contribution is -0.121. The molecule has 0 saturated heterocycles. The summed E-state index contributed by atoms with van der Waals surface area (Å²) in [6.45, 7) is 4.54. The van der Waals surface area contributed by atoms with Gasteiger partial charge in [-0.25, -0.2) is 8.78 Å². The van der Waals surface area contributed by atoms with Crippen molar-refractivity contribution in [3.05, 3.63) is 59.7 Å². The van der Waals surface area contributed by atoms with Gasteiger partial charge in [0.05, 0.1) is 19.3 Å². The average Bonchev–Trinajstić information content (AvgIpc) is 2.62. The minimum Gasteiger partial charge on any atom is -0.490 e. The Morgan fingerprint density at radius 2 is 1.77 bits per heavy atom. The van der Waals surface area contributed by atoms with E-state index >= 15 is 0 Å². The summed E-state index contributed by atoms with van der Waals surface area (Å²) in [7, 11) is 0. The zero-order chi connectivity index (χ0) is 18.9. The maximum atomic E-state index is 13.3. The van der Waals surface area contributed by atoms with Crippen LogP contribution in [0.2, 0.25) is 0 Å². The lowest BCUT2D eigenvalue weighted by Gasteiger charge is -2.15. The Balaban J connectivity index is 1.76. The van der Waals surface area contributed by atoms with Crippen molar-refractivity contribution >= 4 is 5.91 Å². The summed E-state index contributed by atoms with van der Waals surface area (Å²) in [4.78, 5) is 12.0. The monoisotopic (exact) mass is 363 g/mol. The first-order valence-corrected chi connectivity index (χ1v) is 8.60. The molecule has 2 aromatic carbocycles. The lowest BCUT2D eigenvalue weighted by Crippen LogP contribution is -2.26. The number of carbonyl (C=O) groups excluding carboxylic acids is 1. The van der Waals surface area contributed by atoms with Crippen molar-refractivity contribution in [1.29, 1.82) is 0 Å². The molecule has 1 amide bonds. The van der Waals surface area contributed by atoms with Crippen molar-refractivity contribution in [3.63, 3.8) is 0 Å². The molecule has 140 valence electrons. The Hall–Kier alpha value is -2.63. The van der Waals surface area contributed by atoms with Crippen LogP contribution in [0.5, 0.6) is 11.5 Å². The van der Waals surface area contributed by atoms with Crippen LogP contribution in [-0.4, -0.2) is 19.1 Å². The van der Waals surface area contributed by atoms with Gasteiger partial charge in [-0.2, -0.15) is 0 Å². The fourth-order valence-electron chi connectivity index (χ4n) is 2.44. The number of carbonyl (C=O) groups is 1. The molecular formula is C20H23F2NO3. The molecule has 1 N–H and O–H groups in total. The van der Waals surface area contributed by atoms with Crippen LogP contribution in [-0.2, 0) is 4.79 Å². The van der Waals surface area contributed by atoms with Gasteiger partial charge >= 0.3 is 0 Å². The summed E-state index contributed by atoms with van der Waals surface area (Å²) < 4.78 is 37.4. The summed E-state index contributed by atoms with van der Waals surface area (Å²) in [5.41, 5.74) is 0.513. The fourth-order valence-corrected chi connectivity index (χ4v) is 2.44. The molecule has 0 spiro atoms. The Bertz CT molecular complexity index is 737. The number of hydrogen-bond donors (Lipinski definition) is 1. The molecule has 0 fully saturated rings. The van der Waals surface area contributed by atoms with Crippen LogP contribution in [0.3, 0.4) is 0 Å². The normalized spacial score (nSPS) is 11.7. The van der Waals surface area contributed by atoms with Crippen molar-refractivity contribution < 1.29 is 23.0 Å². The number of ether oxygens (including phenoxy) is 2. The Morgan fingerprint density at radius 3 is 2.42 bits per heavy atom. The van der Waals surface area contributed by atoms with E-state index in [0.29, 0.717) is 36.7 Å². The second-order valence-electron chi connectivity index (χ2n) is 5.79. The molecule has 26 heavy (non-hydrogen) atoms. The van der Waals surface area contributed by atoms with E-state index in [0.717, 1.165) is 12.1 Å². The van der Waals surface area contributed by atoms with E-state index in [2.05, 4.69) is 5.32 Å². The van der Waals surface area contributed by atoms with Crippen LogP contribution < -0.4 is 14.8 Å². The smallest absolute Gasteiger partial charge is 0.220 e. The fraction of sp³-hybridized carbons (Fsp3) is 0.350. The van der Waals surface area contributed by atoms with Crippen LogP contribution in [0.4, 0.5) is 8.78 Å². The van der Waals surface area contributed by atoms with Gasteiger partial charge < -0.3 is 14.8 Å². The summed E-state index contributed by atoms with van der Waals surface area (Å²) in [5, 5.41) is 2.76. The molecule has 4 nitrogen and oxygen atoms in total. The van der Waals surface area contributed by atoms with E-state index in [-0.39, 0.29) is 12.3 Å². The largest absolute Gasteiger partial charge is 0.490 e. The van der Waals surface area contributed by atoms with Crippen LogP contribution in [0, 0.1) is 11.6 Å². The summed E-state index contributed by atoms with van der Waals surface area (Å²) in [6, 6.07) is 10.6. The Kier molecular flexibility index (Phi) is 7.38. The Morgan fingerprint density at radius 1 is 1.08 bits per heavy atom. The van der Waals surface area contributed by atoms with E-state index in [1.54, 1.807) is 6.92 Å². The van der Waals surface area contributed by atoms with Gasteiger partial charge in [-0.3, -0.25) is 4.79 Å². The molecule has 1 atom stereocenters. The van der Waals surface area contributed by atoms with Crippen molar-refractivity contribution in [3.8, 4) is 11.5 Å². The van der Waals surface area contributed by atoms with Crippen LogP contribution in [0.15, 0.2) is 42.5 Å². The molecule has 0 aromatic heterocycles. The SMILES string of the molecule is CCOc1ccccc1OCCCC(=O)NC(C)c1ccc(F)c(F)c1. The molecule has 2 aromatic rings. The molecule has 0 aliphatic heterocycles. The van der Waals surface area contributed by atoms with Crippen molar-refractivity contribution in [2.75, 3.05) is 13.2 Å². The third-order valence-electron chi connectivity index (χ3n) is 3.78. The zero-order valence-corrected chi connectivity index (χ0v) is 14.9. The van der Waals surface area contributed by atoms with Gasteiger partial charge in [0.1, 0.15) is 0 Å². The van der Waals surface area contributed by atoms with E-state index in [9.17, 15) is 13.6 Å². The average molecular weight is 363 g/mol. The second kappa shape index (κ2) is 9.75. The van der Waals surface area contributed by atoms with E-state index in [1.807, 2.05) is 31.2 Å². The molecule has 0 saturated carbocycles. The highest BCUT2D eigenvalue weighted by Gasteiger charge is 2.12. The Labute approximate surface area is 152 Å². The lowest BCUT2D eigenvalue weighted by atomic mass is 10.1. The maximum Gasteiger partial charge on any atom is 0.220 e. The standard InChI is InChI=1S/C20H23F2NO3/c1-3-25-18-7-4-5-8-19(18)26-12-6-9-20(24)23-14(2)15-10-11-16(21)17(22)13-15/h4-5,7-8,10-11,13-14H,3,6,9,12H2,1-2H3,(H,23,24). The molecule has 0 bridgehead atoms. The maximum absolute atomic E-state index is 13.3. The summed E-state index contributed by atoms with van der Waals surface area (Å²) in [5.74, 6) is -0.693. The minimum atomic E-state index is -0.926. The number of amides is 1. The number of para-hydroxylation sites is 2. The topological polar surface area (TPSA) is 47.6 Å². The van der Waals surface area contributed by atoms with Gasteiger partial charge in [-0.15, -0.1) is 0 Å². The third-order valence-corrected chi connectivity index (χ3v) is 3.78. The second-order valence-corrected chi connectivity index (χ2v) is 5.79. The molecule has 6 heteroatoms. The highest BCUT2D eigenvalue weighted by Crippen LogP contribution is 2.26. The molecular weight excluding hydrogens is 340 g/mol. The first kappa shape index (κ1) is 19.7. The predicted molar refractivity (Wildman–Crippen MR) is 95.3 cm³/mol. The molecule has 2 rings (SSSR count). The number of rotatable bonds is 9. The van der Waals surface area contributed by atoms with Gasteiger partial charge in [0.2, 0.25) is 5.91 Å². The molecule has 0 heterocycles. The van der Waals surface area contributed by atoms with Gasteiger partial charge in [0, 0.05) is 6.42 Å². The molecule has 0 aliphatic rings. The number of benzene rings is 2. The first-order valence-electron chi connectivity index (χ1n) is 8.60. The van der Waals surface area contributed by atoms with E-state index in [1.165, 1.54) is 6.07 Å². The van der Waals surface area contributed by atoms with Gasteiger partial charge in [-0.05, 0) is 50.1 Å². The summed E-state index contributed by atoms with van der Waals surface area (Å²) in [6.07, 6.45) is 0.793. The van der Waals surface area contributed by atoms with Crippen molar-refractivity contribution in [2.45, 2.75) is 32.7 Å². The first-order chi connectivity index (χ1) is 12.5. The van der Waals surface area contributed by atoms with Gasteiger partial charge in [0.25, 0.3) is 0 Å². The van der Waals surface area contributed by atoms with Crippen LogP contribution in [0.1, 0.15) is 38.3 Å². The number of hydrogen-bond acceptors (Lipinski definition) is 3. The van der Waals surface area contributed by atoms with Crippen LogP contribution >= 0.6 is 0 Å². The van der Waals surface area contributed by atoms with Gasteiger partial charge in [0.15, 0.2) is 23.1 Å². The minimum absolute atomic E-state index is 0.177. The van der Waals surface area contributed by atoms with Crippen molar-refractivity contribution in [1.82, 2.24) is 5.32 Å². The van der Waals surface area contributed by atoms with E-state index in [4.69, 9.17) is 9.47 Å². The van der Waals surface area contributed by atoms with Crippen LogP contribution in [0.25, 0.3) is 0 Å². The van der Waals surface area contributed by atoms with Crippen molar-refractivity contribution in [2.24, 2.45) is 0 Å². The number of halogens is 2. The van der Waals surface area contributed by atoms with Gasteiger partial charge in [-0.1, -0.05) is 18.2 Å². The van der Waals surface area contributed by atoms with E-state index < -0.39 is 17.7 Å². The summed E-state index contributed by atoms with van der Waals surface area (Å²) >= 11 is 0. The number of nitrogens with one attached hydrogen (secondary N) is 1.